The van der Waals surface area contributed by atoms with Crippen LogP contribution in [0.1, 0.15) is 41.3 Å². The van der Waals surface area contributed by atoms with Crippen LogP contribution in [0, 0.1) is 25.7 Å². The van der Waals surface area contributed by atoms with Gasteiger partial charge in [-0.15, -0.1) is 0 Å². The van der Waals surface area contributed by atoms with Crippen LogP contribution >= 0.6 is 0 Å². The molecule has 1 unspecified atom stereocenters. The SMILES string of the molecule is Cc1cc(C)cc(C(=O)N2CCCC(C(=O)N3CC(C)C3)C2)c1. The standard InChI is InChI=1S/C19H26N2O2/c1-13-7-14(2)9-17(8-13)19(23)20-6-4-5-16(12-20)18(22)21-10-15(3)11-21/h7-9,15-16H,4-6,10-12H2,1-3H3. The fourth-order valence-electron chi connectivity index (χ4n) is 3.78. The average molecular weight is 314 g/mol. The van der Waals surface area contributed by atoms with Gasteiger partial charge in [-0.05, 0) is 44.7 Å². The van der Waals surface area contributed by atoms with E-state index in [2.05, 4.69) is 13.0 Å². The van der Waals surface area contributed by atoms with Crippen molar-refractivity contribution in [1.82, 2.24) is 9.80 Å². The molecule has 23 heavy (non-hydrogen) atoms. The van der Waals surface area contributed by atoms with Gasteiger partial charge < -0.3 is 9.80 Å². The van der Waals surface area contributed by atoms with Crippen LogP contribution in [0.5, 0.6) is 0 Å². The lowest BCUT2D eigenvalue weighted by Gasteiger charge is -2.41. The number of aryl methyl sites for hydroxylation is 2. The zero-order valence-corrected chi connectivity index (χ0v) is 14.3. The fraction of sp³-hybridized carbons (Fsp3) is 0.579. The summed E-state index contributed by atoms with van der Waals surface area (Å²) in [4.78, 5) is 29.1. The molecule has 124 valence electrons. The molecule has 0 radical (unpaired) electrons. The molecule has 0 N–H and O–H groups in total. The number of hydrogen-bond acceptors (Lipinski definition) is 2. The van der Waals surface area contributed by atoms with Gasteiger partial charge in [0.25, 0.3) is 5.91 Å². The number of rotatable bonds is 2. The molecule has 4 heteroatoms. The largest absolute Gasteiger partial charge is 0.342 e. The van der Waals surface area contributed by atoms with Gasteiger partial charge in [-0.2, -0.15) is 0 Å². The minimum Gasteiger partial charge on any atom is -0.342 e. The lowest BCUT2D eigenvalue weighted by Crippen LogP contribution is -2.54. The Kier molecular flexibility index (Phi) is 4.42. The van der Waals surface area contributed by atoms with Gasteiger partial charge in [-0.25, -0.2) is 0 Å². The molecule has 0 aliphatic carbocycles. The second-order valence-corrected chi connectivity index (χ2v) is 7.32. The van der Waals surface area contributed by atoms with Crippen LogP contribution in [-0.2, 0) is 4.79 Å². The van der Waals surface area contributed by atoms with Crippen molar-refractivity contribution in [3.05, 3.63) is 34.9 Å². The number of hydrogen-bond donors (Lipinski definition) is 0. The van der Waals surface area contributed by atoms with Crippen LogP contribution in [0.25, 0.3) is 0 Å². The quantitative estimate of drug-likeness (QED) is 0.842. The third-order valence-corrected chi connectivity index (χ3v) is 4.90. The van der Waals surface area contributed by atoms with Crippen molar-refractivity contribution in [2.45, 2.75) is 33.6 Å². The number of likely N-dealkylation sites (tertiary alicyclic amines) is 2. The summed E-state index contributed by atoms with van der Waals surface area (Å²) in [6.45, 7) is 9.26. The Bertz CT molecular complexity index is 600. The Morgan fingerprint density at radius 2 is 1.65 bits per heavy atom. The van der Waals surface area contributed by atoms with Crippen molar-refractivity contribution < 1.29 is 9.59 Å². The van der Waals surface area contributed by atoms with E-state index < -0.39 is 0 Å². The molecule has 1 aromatic carbocycles. The maximum Gasteiger partial charge on any atom is 0.253 e. The summed E-state index contributed by atoms with van der Waals surface area (Å²) in [6, 6.07) is 5.96. The zero-order chi connectivity index (χ0) is 16.6. The molecule has 2 fully saturated rings. The van der Waals surface area contributed by atoms with E-state index in [-0.39, 0.29) is 17.7 Å². The summed E-state index contributed by atoms with van der Waals surface area (Å²) in [5, 5.41) is 0. The van der Waals surface area contributed by atoms with E-state index in [4.69, 9.17) is 0 Å². The van der Waals surface area contributed by atoms with Crippen molar-refractivity contribution in [2.75, 3.05) is 26.2 Å². The normalized spacial score (nSPS) is 22.0. The molecule has 0 aromatic heterocycles. The maximum absolute atomic E-state index is 12.8. The molecule has 1 aromatic rings. The first-order chi connectivity index (χ1) is 10.9. The Morgan fingerprint density at radius 1 is 1.00 bits per heavy atom. The lowest BCUT2D eigenvalue weighted by atomic mass is 9.92. The number of nitrogens with zero attached hydrogens (tertiary/aromatic N) is 2. The molecule has 4 nitrogen and oxygen atoms in total. The first-order valence-electron chi connectivity index (χ1n) is 8.60. The van der Waals surface area contributed by atoms with E-state index in [1.807, 2.05) is 35.8 Å². The molecule has 3 rings (SSSR count). The number of carbonyl (C=O) groups is 2. The Hall–Kier alpha value is -1.84. The van der Waals surface area contributed by atoms with Gasteiger partial charge in [0.2, 0.25) is 5.91 Å². The van der Waals surface area contributed by atoms with E-state index >= 15 is 0 Å². The number of carbonyl (C=O) groups excluding carboxylic acids is 2. The van der Waals surface area contributed by atoms with Crippen molar-refractivity contribution in [3.8, 4) is 0 Å². The van der Waals surface area contributed by atoms with Crippen molar-refractivity contribution in [3.63, 3.8) is 0 Å². The first kappa shape index (κ1) is 16.0. The number of benzene rings is 1. The van der Waals surface area contributed by atoms with Crippen LogP contribution in [0.15, 0.2) is 18.2 Å². The average Bonchev–Trinajstić information content (AvgIpc) is 2.49. The van der Waals surface area contributed by atoms with Crippen LogP contribution < -0.4 is 0 Å². The molecular weight excluding hydrogens is 288 g/mol. The molecule has 0 saturated carbocycles. The molecule has 2 aliphatic rings. The Balaban J connectivity index is 1.68. The van der Waals surface area contributed by atoms with Gasteiger partial charge in [0.05, 0.1) is 5.92 Å². The molecule has 2 saturated heterocycles. The highest BCUT2D eigenvalue weighted by atomic mass is 16.2. The summed E-state index contributed by atoms with van der Waals surface area (Å²) in [5.41, 5.74) is 2.95. The lowest BCUT2D eigenvalue weighted by molar-refractivity contribution is -0.143. The summed E-state index contributed by atoms with van der Waals surface area (Å²) < 4.78 is 0. The molecular formula is C19H26N2O2. The third-order valence-electron chi connectivity index (χ3n) is 4.90. The Labute approximate surface area is 138 Å². The zero-order valence-electron chi connectivity index (χ0n) is 14.3. The van der Waals surface area contributed by atoms with Crippen molar-refractivity contribution >= 4 is 11.8 Å². The number of amides is 2. The van der Waals surface area contributed by atoms with Crippen molar-refractivity contribution in [1.29, 1.82) is 0 Å². The summed E-state index contributed by atoms with van der Waals surface area (Å²) >= 11 is 0. The van der Waals surface area contributed by atoms with Crippen molar-refractivity contribution in [2.24, 2.45) is 11.8 Å². The van der Waals surface area contributed by atoms with Gasteiger partial charge >= 0.3 is 0 Å². The highest BCUT2D eigenvalue weighted by molar-refractivity contribution is 5.95. The van der Waals surface area contributed by atoms with Gasteiger partial charge in [-0.3, -0.25) is 9.59 Å². The monoisotopic (exact) mass is 314 g/mol. The molecule has 1 atom stereocenters. The van der Waals surface area contributed by atoms with Gasteiger partial charge in [0, 0.05) is 31.7 Å². The second kappa shape index (κ2) is 6.34. The predicted molar refractivity (Wildman–Crippen MR) is 90.3 cm³/mol. The van der Waals surface area contributed by atoms with Crippen LogP contribution in [0.2, 0.25) is 0 Å². The summed E-state index contributed by atoms with van der Waals surface area (Å²) in [6.07, 6.45) is 1.82. The van der Waals surface area contributed by atoms with Crippen LogP contribution in [0.4, 0.5) is 0 Å². The Morgan fingerprint density at radius 3 is 2.26 bits per heavy atom. The van der Waals surface area contributed by atoms with E-state index in [0.29, 0.717) is 12.5 Å². The summed E-state index contributed by atoms with van der Waals surface area (Å²) in [5.74, 6) is 0.897. The highest BCUT2D eigenvalue weighted by Crippen LogP contribution is 2.25. The fourth-order valence-corrected chi connectivity index (χ4v) is 3.78. The first-order valence-corrected chi connectivity index (χ1v) is 8.60. The van der Waals surface area contributed by atoms with Gasteiger partial charge in [-0.1, -0.05) is 24.1 Å². The minimum absolute atomic E-state index is 0.0221. The summed E-state index contributed by atoms with van der Waals surface area (Å²) in [7, 11) is 0. The molecule has 2 heterocycles. The van der Waals surface area contributed by atoms with Gasteiger partial charge in [0.15, 0.2) is 0 Å². The van der Waals surface area contributed by atoms with E-state index in [9.17, 15) is 9.59 Å². The topological polar surface area (TPSA) is 40.6 Å². The molecule has 0 bridgehead atoms. The van der Waals surface area contributed by atoms with Crippen LogP contribution in [0.3, 0.4) is 0 Å². The number of piperidine rings is 1. The molecule has 2 aliphatic heterocycles. The maximum atomic E-state index is 12.8. The van der Waals surface area contributed by atoms with E-state index in [0.717, 1.165) is 49.2 Å². The smallest absolute Gasteiger partial charge is 0.253 e. The van der Waals surface area contributed by atoms with E-state index in [1.165, 1.54) is 0 Å². The highest BCUT2D eigenvalue weighted by Gasteiger charge is 2.35. The predicted octanol–water partition coefficient (Wildman–Crippen LogP) is 2.63. The van der Waals surface area contributed by atoms with E-state index in [1.54, 1.807) is 0 Å². The third kappa shape index (κ3) is 3.41. The van der Waals surface area contributed by atoms with Gasteiger partial charge in [0.1, 0.15) is 0 Å². The minimum atomic E-state index is -0.0221. The molecule has 0 spiro atoms. The van der Waals surface area contributed by atoms with Crippen LogP contribution in [-0.4, -0.2) is 47.8 Å². The second-order valence-electron chi connectivity index (χ2n) is 7.32. The molecule has 2 amide bonds.